The summed E-state index contributed by atoms with van der Waals surface area (Å²) in [5.74, 6) is 1.84. The number of nitrogens with one attached hydrogen (secondary N) is 1. The van der Waals surface area contributed by atoms with Crippen molar-refractivity contribution in [2.24, 2.45) is 5.92 Å². The summed E-state index contributed by atoms with van der Waals surface area (Å²) in [7, 11) is 4.72. The van der Waals surface area contributed by atoms with Crippen molar-refractivity contribution >= 4 is 5.91 Å². The van der Waals surface area contributed by atoms with Gasteiger partial charge < -0.3 is 19.5 Å². The van der Waals surface area contributed by atoms with E-state index in [1.165, 1.54) is 0 Å². The third kappa shape index (κ3) is 3.35. The first-order valence-electron chi connectivity index (χ1n) is 7.36. The minimum absolute atomic E-state index is 0.0458. The number of carbonyl (C=O) groups excluding carboxylic acids is 1. The van der Waals surface area contributed by atoms with Gasteiger partial charge in [0.05, 0.1) is 27.4 Å². The van der Waals surface area contributed by atoms with Gasteiger partial charge in [-0.15, -0.1) is 0 Å². The second-order valence-corrected chi connectivity index (χ2v) is 5.33. The molecule has 0 heterocycles. The first kappa shape index (κ1) is 16.2. The van der Waals surface area contributed by atoms with Gasteiger partial charge in [0.2, 0.25) is 11.7 Å². The quantitative estimate of drug-likeness (QED) is 0.821. The molecule has 1 aliphatic carbocycles. The molecule has 1 aliphatic rings. The first-order valence-corrected chi connectivity index (χ1v) is 7.36. The number of methoxy groups -OCH3 is 3. The van der Waals surface area contributed by atoms with E-state index in [9.17, 15) is 4.79 Å². The van der Waals surface area contributed by atoms with E-state index in [0.717, 1.165) is 18.4 Å². The summed E-state index contributed by atoms with van der Waals surface area (Å²) in [5, 5.41) is 3.05. The van der Waals surface area contributed by atoms with Crippen molar-refractivity contribution in [3.8, 4) is 17.2 Å². The predicted octanol–water partition coefficient (Wildman–Crippen LogP) is 2.86. The van der Waals surface area contributed by atoms with Gasteiger partial charge >= 0.3 is 0 Å². The lowest BCUT2D eigenvalue weighted by Crippen LogP contribution is -2.31. The Kier molecular flexibility index (Phi) is 5.31. The van der Waals surface area contributed by atoms with Crippen molar-refractivity contribution in [2.45, 2.75) is 25.8 Å². The Morgan fingerprint density at radius 3 is 2.09 bits per heavy atom. The van der Waals surface area contributed by atoms with E-state index in [4.69, 9.17) is 14.2 Å². The highest BCUT2D eigenvalue weighted by Gasteiger charge is 2.22. The number of carbonyl (C=O) groups is 1. The predicted molar refractivity (Wildman–Crippen MR) is 84.5 cm³/mol. The third-order valence-corrected chi connectivity index (χ3v) is 3.92. The van der Waals surface area contributed by atoms with Crippen molar-refractivity contribution in [1.29, 1.82) is 0 Å². The van der Waals surface area contributed by atoms with Crippen LogP contribution >= 0.6 is 0 Å². The fraction of sp³-hybridized carbons (Fsp3) is 0.471. The minimum Gasteiger partial charge on any atom is -0.493 e. The zero-order chi connectivity index (χ0) is 16.1. The summed E-state index contributed by atoms with van der Waals surface area (Å²) in [6.07, 6.45) is 5.73. The molecule has 1 aromatic rings. The van der Waals surface area contributed by atoms with Crippen molar-refractivity contribution < 1.29 is 19.0 Å². The number of hydrogen-bond acceptors (Lipinski definition) is 4. The van der Waals surface area contributed by atoms with Gasteiger partial charge in [0.25, 0.3) is 0 Å². The van der Waals surface area contributed by atoms with Crippen molar-refractivity contribution in [1.82, 2.24) is 5.32 Å². The normalized spacial score (nSPS) is 15.5. The molecule has 5 heteroatoms. The molecule has 2 rings (SSSR count). The van der Waals surface area contributed by atoms with Crippen LogP contribution in [0.4, 0.5) is 0 Å². The van der Waals surface area contributed by atoms with Gasteiger partial charge in [0, 0.05) is 5.92 Å². The Bertz CT molecular complexity index is 535. The Morgan fingerprint density at radius 1 is 1.09 bits per heavy atom. The lowest BCUT2D eigenvalue weighted by Gasteiger charge is -2.20. The summed E-state index contributed by atoms with van der Waals surface area (Å²) in [6.45, 7) is 1.95. The van der Waals surface area contributed by atoms with Crippen LogP contribution in [0.25, 0.3) is 0 Å². The number of rotatable bonds is 6. The highest BCUT2D eigenvalue weighted by atomic mass is 16.5. The van der Waals surface area contributed by atoms with Crippen LogP contribution in [0.2, 0.25) is 0 Å². The van der Waals surface area contributed by atoms with Gasteiger partial charge in [0.1, 0.15) is 0 Å². The van der Waals surface area contributed by atoms with E-state index < -0.39 is 0 Å². The summed E-state index contributed by atoms with van der Waals surface area (Å²) in [4.78, 5) is 12.2. The fourth-order valence-corrected chi connectivity index (χ4v) is 2.60. The molecule has 0 aromatic heterocycles. The minimum atomic E-state index is -0.137. The van der Waals surface area contributed by atoms with E-state index >= 15 is 0 Å². The number of allylic oxidation sites excluding steroid dienone is 2. The molecule has 0 bridgehead atoms. The number of hydrogen-bond donors (Lipinski definition) is 1. The summed E-state index contributed by atoms with van der Waals surface area (Å²) < 4.78 is 16.0. The van der Waals surface area contributed by atoms with E-state index in [2.05, 4.69) is 5.32 Å². The monoisotopic (exact) mass is 305 g/mol. The van der Waals surface area contributed by atoms with Crippen LogP contribution in [0.5, 0.6) is 17.2 Å². The molecule has 0 fully saturated rings. The highest BCUT2D eigenvalue weighted by Crippen LogP contribution is 2.39. The van der Waals surface area contributed by atoms with Crippen LogP contribution in [-0.2, 0) is 4.79 Å². The molecule has 1 amide bonds. The summed E-state index contributed by atoms with van der Waals surface area (Å²) in [6, 6.07) is 3.58. The zero-order valence-corrected chi connectivity index (χ0v) is 13.5. The number of ether oxygens (including phenoxy) is 3. The van der Waals surface area contributed by atoms with Crippen molar-refractivity contribution in [2.75, 3.05) is 21.3 Å². The van der Waals surface area contributed by atoms with E-state index in [-0.39, 0.29) is 17.9 Å². The zero-order valence-electron chi connectivity index (χ0n) is 13.5. The van der Waals surface area contributed by atoms with Gasteiger partial charge in [0.15, 0.2) is 11.5 Å². The lowest BCUT2D eigenvalue weighted by molar-refractivity contribution is -0.125. The van der Waals surface area contributed by atoms with Crippen molar-refractivity contribution in [3.05, 3.63) is 29.8 Å². The first-order chi connectivity index (χ1) is 10.6. The molecule has 0 saturated heterocycles. The van der Waals surface area contributed by atoms with Gasteiger partial charge in [-0.2, -0.15) is 0 Å². The highest BCUT2D eigenvalue weighted by molar-refractivity contribution is 5.80. The van der Waals surface area contributed by atoms with Crippen LogP contribution < -0.4 is 19.5 Å². The molecule has 1 N–H and O–H groups in total. The summed E-state index contributed by atoms with van der Waals surface area (Å²) >= 11 is 0. The van der Waals surface area contributed by atoms with Gasteiger partial charge in [-0.05, 0) is 37.5 Å². The molecule has 1 unspecified atom stereocenters. The molecular formula is C17H23NO4. The van der Waals surface area contributed by atoms with E-state index in [1.54, 1.807) is 21.3 Å². The van der Waals surface area contributed by atoms with Crippen LogP contribution in [0.1, 0.15) is 31.4 Å². The standard InChI is InChI=1S/C17H23NO4/c1-11(18-17(19)12-7-5-6-8-12)13-9-14(20-2)16(22-4)15(10-13)21-3/h5-6,9-12H,7-8H2,1-4H3,(H,18,19). The number of amides is 1. The Labute approximate surface area is 131 Å². The fourth-order valence-electron chi connectivity index (χ4n) is 2.60. The SMILES string of the molecule is COc1cc(C(C)NC(=O)C2CC=CC2)cc(OC)c1OC. The maximum Gasteiger partial charge on any atom is 0.224 e. The molecule has 0 saturated carbocycles. The second-order valence-electron chi connectivity index (χ2n) is 5.33. The topological polar surface area (TPSA) is 56.8 Å². The molecule has 120 valence electrons. The van der Waals surface area contributed by atoms with Gasteiger partial charge in [-0.25, -0.2) is 0 Å². The third-order valence-electron chi connectivity index (χ3n) is 3.92. The smallest absolute Gasteiger partial charge is 0.224 e. The van der Waals surface area contributed by atoms with Crippen LogP contribution in [0.3, 0.4) is 0 Å². The van der Waals surface area contributed by atoms with E-state index in [1.807, 2.05) is 31.2 Å². The Hall–Kier alpha value is -2.17. The van der Waals surface area contributed by atoms with Crippen molar-refractivity contribution in [3.63, 3.8) is 0 Å². The molecular weight excluding hydrogens is 282 g/mol. The van der Waals surface area contributed by atoms with E-state index in [0.29, 0.717) is 17.2 Å². The van der Waals surface area contributed by atoms with Gasteiger partial charge in [-0.1, -0.05) is 12.2 Å². The summed E-state index contributed by atoms with van der Waals surface area (Å²) in [5.41, 5.74) is 0.911. The molecule has 1 aromatic carbocycles. The maximum atomic E-state index is 12.2. The Morgan fingerprint density at radius 2 is 1.64 bits per heavy atom. The second kappa shape index (κ2) is 7.20. The molecule has 1 atom stereocenters. The van der Waals surface area contributed by atoms with Crippen LogP contribution in [0.15, 0.2) is 24.3 Å². The van der Waals surface area contributed by atoms with Crippen LogP contribution in [0, 0.1) is 5.92 Å². The average Bonchev–Trinajstić information content (AvgIpc) is 3.07. The van der Waals surface area contributed by atoms with Crippen LogP contribution in [-0.4, -0.2) is 27.2 Å². The Balaban J connectivity index is 2.18. The van der Waals surface area contributed by atoms with Gasteiger partial charge in [-0.3, -0.25) is 4.79 Å². The largest absolute Gasteiger partial charge is 0.493 e. The molecule has 5 nitrogen and oxygen atoms in total. The molecule has 22 heavy (non-hydrogen) atoms. The molecule has 0 spiro atoms. The molecule has 0 radical (unpaired) electrons. The maximum absolute atomic E-state index is 12.2. The lowest BCUT2D eigenvalue weighted by atomic mass is 10.0. The number of benzene rings is 1. The average molecular weight is 305 g/mol. The molecule has 0 aliphatic heterocycles.